The highest BCUT2D eigenvalue weighted by Gasteiger charge is 2.32. The van der Waals surface area contributed by atoms with E-state index in [1.165, 1.54) is 12.5 Å². The van der Waals surface area contributed by atoms with Gasteiger partial charge < -0.3 is 43.2 Å². The van der Waals surface area contributed by atoms with Gasteiger partial charge in [0, 0.05) is 18.3 Å². The molecule has 196 valence electrons. The van der Waals surface area contributed by atoms with Crippen LogP contribution in [0.25, 0.3) is 0 Å². The first-order valence-corrected chi connectivity index (χ1v) is 11.3. The topological polar surface area (TPSA) is 248 Å². The summed E-state index contributed by atoms with van der Waals surface area (Å²) < 4.78 is 0. The van der Waals surface area contributed by atoms with Gasteiger partial charge in [0.05, 0.1) is 18.8 Å². The van der Waals surface area contributed by atoms with Gasteiger partial charge in [-0.2, -0.15) is 0 Å². The number of H-pyrrole nitrogens is 1. The predicted octanol–water partition coefficient (Wildman–Crippen LogP) is -2.52. The molecule has 11 N–H and O–H groups in total. The molecule has 1 aromatic rings. The van der Waals surface area contributed by atoms with E-state index >= 15 is 0 Å². The number of carbonyl (C=O) groups excluding carboxylic acids is 4. The highest BCUT2D eigenvalue weighted by Crippen LogP contribution is 2.06. The zero-order chi connectivity index (χ0) is 26.5. The van der Waals surface area contributed by atoms with Crippen LogP contribution in [0.4, 0.5) is 0 Å². The highest BCUT2D eigenvalue weighted by molar-refractivity contribution is 5.96. The Bertz CT molecular complexity index is 860. The molecular formula is C21H36N8O6. The summed E-state index contributed by atoms with van der Waals surface area (Å²) in [6, 6.07) is -4.73. The Labute approximate surface area is 203 Å². The molecule has 1 rings (SSSR count). The molecule has 4 unspecified atom stereocenters. The number of nitrogens with zero attached hydrogens (tertiary/aromatic N) is 1. The Morgan fingerprint density at radius 3 is 2.17 bits per heavy atom. The number of nitrogens with two attached hydrogens (primary N) is 3. The second-order valence-corrected chi connectivity index (χ2v) is 8.53. The third kappa shape index (κ3) is 10.5. The lowest BCUT2D eigenvalue weighted by Crippen LogP contribution is -2.58. The van der Waals surface area contributed by atoms with E-state index in [0.29, 0.717) is 25.1 Å². The maximum Gasteiger partial charge on any atom is 0.326 e. The number of carboxylic acids is 1. The van der Waals surface area contributed by atoms with E-state index in [4.69, 9.17) is 17.2 Å². The molecular weight excluding hydrogens is 460 g/mol. The summed E-state index contributed by atoms with van der Waals surface area (Å²) >= 11 is 0. The van der Waals surface area contributed by atoms with Gasteiger partial charge in [-0.3, -0.25) is 19.2 Å². The van der Waals surface area contributed by atoms with Crippen LogP contribution in [0.5, 0.6) is 0 Å². The van der Waals surface area contributed by atoms with Gasteiger partial charge in [-0.1, -0.05) is 13.8 Å². The standard InChI is InChI=1S/C21H36N8O6/c1-11(2)17(21(34)35)29-20(33)15(8-16(24)30)28-19(32)14(5-3-4-6-22)27-18(31)13(23)7-12-9-25-10-26-12/h9-11,13-15,17H,3-8,22-23H2,1-2H3,(H2,24,30)(H,25,26)(H,27,31)(H,28,32)(H,29,33)(H,34,35). The fourth-order valence-electron chi connectivity index (χ4n) is 3.22. The lowest BCUT2D eigenvalue weighted by atomic mass is 10.0. The van der Waals surface area contributed by atoms with Crippen molar-refractivity contribution in [2.45, 2.75) is 70.1 Å². The van der Waals surface area contributed by atoms with Crippen LogP contribution in [0.2, 0.25) is 0 Å². The first-order valence-electron chi connectivity index (χ1n) is 11.3. The van der Waals surface area contributed by atoms with E-state index < -0.39 is 66.1 Å². The van der Waals surface area contributed by atoms with Crippen molar-refractivity contribution in [3.63, 3.8) is 0 Å². The zero-order valence-electron chi connectivity index (χ0n) is 20.0. The van der Waals surface area contributed by atoms with Crippen LogP contribution in [-0.4, -0.2) is 75.4 Å². The van der Waals surface area contributed by atoms with Gasteiger partial charge in [-0.05, 0) is 31.7 Å². The van der Waals surface area contributed by atoms with Crippen molar-refractivity contribution < 1.29 is 29.1 Å². The van der Waals surface area contributed by atoms with Gasteiger partial charge >= 0.3 is 5.97 Å². The van der Waals surface area contributed by atoms with Crippen LogP contribution in [0.3, 0.4) is 0 Å². The van der Waals surface area contributed by atoms with E-state index in [1.54, 1.807) is 13.8 Å². The first kappa shape index (κ1) is 29.5. The van der Waals surface area contributed by atoms with Gasteiger partial charge in [0.15, 0.2) is 0 Å². The number of hydrogen-bond acceptors (Lipinski definition) is 8. The zero-order valence-corrected chi connectivity index (χ0v) is 20.0. The van der Waals surface area contributed by atoms with E-state index in [0.717, 1.165) is 0 Å². The summed E-state index contributed by atoms with van der Waals surface area (Å²) in [6.07, 6.45) is 3.83. The second-order valence-electron chi connectivity index (χ2n) is 8.53. The minimum Gasteiger partial charge on any atom is -0.480 e. The molecule has 14 heteroatoms. The minimum absolute atomic E-state index is 0.154. The van der Waals surface area contributed by atoms with E-state index in [2.05, 4.69) is 25.9 Å². The van der Waals surface area contributed by atoms with Crippen molar-refractivity contribution in [1.82, 2.24) is 25.9 Å². The molecule has 0 bridgehead atoms. The van der Waals surface area contributed by atoms with Crippen LogP contribution < -0.4 is 33.2 Å². The SMILES string of the molecule is CC(C)C(NC(=O)C(CC(N)=O)NC(=O)C(CCCCN)NC(=O)C(N)Cc1cnc[nH]1)C(=O)O. The van der Waals surface area contributed by atoms with Crippen LogP contribution in [-0.2, 0) is 30.4 Å². The molecule has 0 aromatic carbocycles. The number of primary amides is 1. The van der Waals surface area contributed by atoms with Gasteiger partial charge in [-0.25, -0.2) is 9.78 Å². The number of imidazole rings is 1. The van der Waals surface area contributed by atoms with E-state index in [1.807, 2.05) is 0 Å². The third-order valence-corrected chi connectivity index (χ3v) is 5.18. The number of hydrogen-bond donors (Lipinski definition) is 8. The maximum atomic E-state index is 13.0. The quantitative estimate of drug-likeness (QED) is 0.112. The Kier molecular flexibility index (Phi) is 12.4. The molecule has 0 fully saturated rings. The fraction of sp³-hybridized carbons (Fsp3) is 0.619. The van der Waals surface area contributed by atoms with Crippen LogP contribution in [0.15, 0.2) is 12.5 Å². The number of nitrogens with one attached hydrogen (secondary N) is 4. The number of amides is 4. The Morgan fingerprint density at radius 1 is 1.03 bits per heavy atom. The molecule has 1 heterocycles. The monoisotopic (exact) mass is 496 g/mol. The first-order chi connectivity index (χ1) is 16.5. The summed E-state index contributed by atoms with van der Waals surface area (Å²) in [5, 5.41) is 16.6. The summed E-state index contributed by atoms with van der Waals surface area (Å²) in [7, 11) is 0. The highest BCUT2D eigenvalue weighted by atomic mass is 16.4. The number of carboxylic acid groups (broad SMARTS) is 1. The second kappa shape index (κ2) is 14.7. The number of unbranched alkanes of at least 4 members (excludes halogenated alkanes) is 1. The molecule has 0 aliphatic carbocycles. The van der Waals surface area contributed by atoms with Crippen molar-refractivity contribution in [3.05, 3.63) is 18.2 Å². The lowest BCUT2D eigenvalue weighted by Gasteiger charge is -2.25. The molecule has 0 spiro atoms. The number of rotatable bonds is 16. The van der Waals surface area contributed by atoms with Crippen LogP contribution >= 0.6 is 0 Å². The molecule has 4 atom stereocenters. The summed E-state index contributed by atoms with van der Waals surface area (Å²) in [5.41, 5.74) is 17.3. The van der Waals surface area contributed by atoms with Crippen molar-refractivity contribution in [2.75, 3.05) is 6.54 Å². The molecule has 14 nitrogen and oxygen atoms in total. The lowest BCUT2D eigenvalue weighted by molar-refractivity contribution is -0.143. The van der Waals surface area contributed by atoms with Gasteiger partial charge in [0.2, 0.25) is 23.6 Å². The summed E-state index contributed by atoms with van der Waals surface area (Å²) in [4.78, 5) is 67.9. The van der Waals surface area contributed by atoms with Gasteiger partial charge in [0.25, 0.3) is 0 Å². The number of aromatic amines is 1. The number of carbonyl (C=O) groups is 5. The van der Waals surface area contributed by atoms with Gasteiger partial charge in [-0.15, -0.1) is 0 Å². The number of aromatic nitrogens is 2. The van der Waals surface area contributed by atoms with Crippen molar-refractivity contribution in [2.24, 2.45) is 23.1 Å². The van der Waals surface area contributed by atoms with Crippen molar-refractivity contribution >= 4 is 29.6 Å². The molecule has 0 saturated heterocycles. The molecule has 0 saturated carbocycles. The maximum absolute atomic E-state index is 13.0. The van der Waals surface area contributed by atoms with Gasteiger partial charge in [0.1, 0.15) is 18.1 Å². The molecule has 1 aromatic heterocycles. The molecule has 4 amide bonds. The minimum atomic E-state index is -1.44. The third-order valence-electron chi connectivity index (χ3n) is 5.18. The van der Waals surface area contributed by atoms with E-state index in [-0.39, 0.29) is 12.8 Å². The van der Waals surface area contributed by atoms with Crippen molar-refractivity contribution in [3.8, 4) is 0 Å². The van der Waals surface area contributed by atoms with E-state index in [9.17, 15) is 29.1 Å². The van der Waals surface area contributed by atoms with Crippen LogP contribution in [0.1, 0.15) is 45.2 Å². The number of aliphatic carboxylic acids is 1. The molecule has 0 radical (unpaired) electrons. The molecule has 0 aliphatic heterocycles. The molecule has 0 aliphatic rings. The summed E-state index contributed by atoms with van der Waals surface area (Å²) in [6.45, 7) is 3.56. The average Bonchev–Trinajstić information content (AvgIpc) is 3.28. The smallest absolute Gasteiger partial charge is 0.326 e. The Balaban J connectivity index is 2.95. The Morgan fingerprint density at radius 2 is 1.66 bits per heavy atom. The molecule has 35 heavy (non-hydrogen) atoms. The fourth-order valence-corrected chi connectivity index (χ4v) is 3.22. The van der Waals surface area contributed by atoms with Crippen molar-refractivity contribution in [1.29, 1.82) is 0 Å². The van der Waals surface area contributed by atoms with Crippen LogP contribution in [0, 0.1) is 5.92 Å². The average molecular weight is 497 g/mol. The Hall–Kier alpha value is -3.52. The summed E-state index contributed by atoms with van der Waals surface area (Å²) in [5.74, 6) is -4.85. The predicted molar refractivity (Wildman–Crippen MR) is 125 cm³/mol. The largest absolute Gasteiger partial charge is 0.480 e. The normalized spacial score (nSPS) is 14.4.